The number of anilines is 2. The number of aliphatic imine (C=N–C) groups is 1. The normalized spacial score (nSPS) is 27.4. The molecule has 0 radical (unpaired) electrons. The monoisotopic (exact) mass is 406 g/mol. The zero-order valence-corrected chi connectivity index (χ0v) is 18.5. The molecule has 2 fully saturated rings. The third-order valence-corrected chi connectivity index (χ3v) is 7.17. The summed E-state index contributed by atoms with van der Waals surface area (Å²) < 4.78 is 0. The van der Waals surface area contributed by atoms with Crippen molar-refractivity contribution < 1.29 is 0 Å². The number of benzene rings is 1. The first kappa shape index (κ1) is 19.5. The highest BCUT2D eigenvalue weighted by atomic mass is 15.4. The van der Waals surface area contributed by atoms with E-state index in [-0.39, 0.29) is 5.66 Å². The van der Waals surface area contributed by atoms with Gasteiger partial charge in [0.1, 0.15) is 0 Å². The number of nitrogens with zero attached hydrogens (tertiary/aromatic N) is 4. The van der Waals surface area contributed by atoms with Gasteiger partial charge >= 0.3 is 0 Å². The summed E-state index contributed by atoms with van der Waals surface area (Å²) in [5.41, 5.74) is 4.65. The average molecular weight is 407 g/mol. The Morgan fingerprint density at radius 1 is 1.07 bits per heavy atom. The van der Waals surface area contributed by atoms with E-state index in [0.29, 0.717) is 6.04 Å². The first-order chi connectivity index (χ1) is 14.5. The van der Waals surface area contributed by atoms with E-state index in [9.17, 15) is 0 Å². The molecule has 6 heteroatoms. The van der Waals surface area contributed by atoms with E-state index in [4.69, 9.17) is 4.99 Å². The molecule has 3 heterocycles. The molecule has 2 N–H and O–H groups in total. The van der Waals surface area contributed by atoms with Gasteiger partial charge in [0.2, 0.25) is 5.96 Å². The van der Waals surface area contributed by atoms with Crippen molar-refractivity contribution in [1.82, 2.24) is 15.1 Å². The van der Waals surface area contributed by atoms with Crippen LogP contribution >= 0.6 is 0 Å². The van der Waals surface area contributed by atoms with Crippen LogP contribution in [0.4, 0.5) is 11.4 Å². The first-order valence-electron chi connectivity index (χ1n) is 11.4. The predicted molar refractivity (Wildman–Crippen MR) is 125 cm³/mol. The summed E-state index contributed by atoms with van der Waals surface area (Å²) >= 11 is 0. The van der Waals surface area contributed by atoms with E-state index in [1.54, 1.807) is 0 Å². The summed E-state index contributed by atoms with van der Waals surface area (Å²) in [6.45, 7) is 8.88. The van der Waals surface area contributed by atoms with Crippen molar-refractivity contribution in [2.75, 3.05) is 43.4 Å². The predicted octanol–water partition coefficient (Wildman–Crippen LogP) is 3.57. The van der Waals surface area contributed by atoms with Crippen molar-refractivity contribution in [3.63, 3.8) is 0 Å². The molecule has 1 saturated carbocycles. The number of nitrogens with one attached hydrogen (secondary N) is 2. The molecule has 6 nitrogen and oxygen atoms in total. The van der Waals surface area contributed by atoms with Gasteiger partial charge in [-0.1, -0.05) is 12.8 Å². The summed E-state index contributed by atoms with van der Waals surface area (Å²) in [6.07, 6.45) is 9.65. The summed E-state index contributed by atoms with van der Waals surface area (Å²) in [5.74, 6) is 0.819. The van der Waals surface area contributed by atoms with Crippen LogP contribution in [0.1, 0.15) is 39.5 Å². The van der Waals surface area contributed by atoms with Gasteiger partial charge in [-0.05, 0) is 63.6 Å². The molecule has 1 atom stereocenters. The zero-order valence-electron chi connectivity index (χ0n) is 18.5. The number of likely N-dealkylation sites (N-methyl/N-ethyl adjacent to an activating group) is 1. The van der Waals surface area contributed by atoms with Crippen LogP contribution in [0.15, 0.2) is 52.8 Å². The molecule has 1 aromatic carbocycles. The van der Waals surface area contributed by atoms with Gasteiger partial charge in [-0.2, -0.15) is 0 Å². The Balaban J connectivity index is 1.30. The fourth-order valence-corrected chi connectivity index (χ4v) is 5.34. The molecular weight excluding hydrogens is 372 g/mol. The van der Waals surface area contributed by atoms with Crippen molar-refractivity contribution in [2.24, 2.45) is 4.99 Å². The Morgan fingerprint density at radius 3 is 2.47 bits per heavy atom. The van der Waals surface area contributed by atoms with Gasteiger partial charge in [0.25, 0.3) is 0 Å². The SMILES string of the molecule is CC1=CN(C2CCCC2)C2(C)N=C(Nc3ccc(N4CCN(C)CC4)cc3)NC=C12. The quantitative estimate of drug-likeness (QED) is 0.804. The molecule has 0 amide bonds. The Hall–Kier alpha value is -2.47. The molecule has 5 rings (SSSR count). The maximum Gasteiger partial charge on any atom is 0.202 e. The van der Waals surface area contributed by atoms with Gasteiger partial charge in [-0.15, -0.1) is 0 Å². The molecule has 3 aliphatic heterocycles. The second-order valence-corrected chi connectivity index (χ2v) is 9.30. The Bertz CT molecular complexity index is 871. The minimum absolute atomic E-state index is 0.313. The van der Waals surface area contributed by atoms with Crippen LogP contribution in [0.25, 0.3) is 0 Å². The van der Waals surface area contributed by atoms with Crippen LogP contribution in [0, 0.1) is 0 Å². The number of hydrogen-bond acceptors (Lipinski definition) is 6. The topological polar surface area (TPSA) is 46.1 Å². The lowest BCUT2D eigenvalue weighted by Crippen LogP contribution is -2.49. The van der Waals surface area contributed by atoms with Gasteiger partial charge in [0.15, 0.2) is 5.66 Å². The highest BCUT2D eigenvalue weighted by molar-refractivity contribution is 5.96. The molecule has 1 aromatic rings. The minimum atomic E-state index is -0.313. The molecule has 30 heavy (non-hydrogen) atoms. The van der Waals surface area contributed by atoms with Gasteiger partial charge in [-0.3, -0.25) is 0 Å². The van der Waals surface area contributed by atoms with E-state index in [1.807, 2.05) is 0 Å². The molecule has 0 aromatic heterocycles. The first-order valence-corrected chi connectivity index (χ1v) is 11.4. The molecule has 1 unspecified atom stereocenters. The van der Waals surface area contributed by atoms with E-state index < -0.39 is 0 Å². The number of piperazine rings is 1. The summed E-state index contributed by atoms with van der Waals surface area (Å²) in [4.78, 5) is 12.5. The fraction of sp³-hybridized carbons (Fsp3) is 0.542. The second-order valence-electron chi connectivity index (χ2n) is 9.30. The number of rotatable bonds is 3. The Morgan fingerprint density at radius 2 is 1.77 bits per heavy atom. The molecular formula is C24H34N6. The number of fused-ring (bicyclic) bond motifs is 1. The molecule has 0 bridgehead atoms. The van der Waals surface area contributed by atoms with Gasteiger partial charge < -0.3 is 25.3 Å². The van der Waals surface area contributed by atoms with E-state index in [2.05, 4.69) is 82.9 Å². The molecule has 1 saturated heterocycles. The molecule has 4 aliphatic rings. The van der Waals surface area contributed by atoms with Crippen LogP contribution in [0.3, 0.4) is 0 Å². The van der Waals surface area contributed by atoms with E-state index in [0.717, 1.165) is 37.8 Å². The van der Waals surface area contributed by atoms with E-state index in [1.165, 1.54) is 42.5 Å². The number of hydrogen-bond donors (Lipinski definition) is 2. The Kier molecular flexibility index (Phi) is 4.97. The zero-order chi connectivity index (χ0) is 20.7. The average Bonchev–Trinajstić information content (AvgIpc) is 3.35. The molecule has 160 valence electrons. The van der Waals surface area contributed by atoms with Crippen molar-refractivity contribution >= 4 is 17.3 Å². The fourth-order valence-electron chi connectivity index (χ4n) is 5.34. The van der Waals surface area contributed by atoms with Crippen molar-refractivity contribution in [2.45, 2.75) is 51.2 Å². The third kappa shape index (κ3) is 3.47. The Labute approximate surface area is 180 Å². The lowest BCUT2D eigenvalue weighted by molar-refractivity contribution is 0.167. The summed E-state index contributed by atoms with van der Waals surface area (Å²) in [6, 6.07) is 9.35. The maximum absolute atomic E-state index is 5.15. The van der Waals surface area contributed by atoms with Gasteiger partial charge in [-0.25, -0.2) is 4.99 Å². The van der Waals surface area contributed by atoms with Crippen molar-refractivity contribution in [1.29, 1.82) is 0 Å². The standard InChI is InChI=1S/C24H34N6/c1-18-17-30(21-6-4-5-7-21)24(2)22(18)16-25-23(27-24)26-19-8-10-20(11-9-19)29-14-12-28(3)13-15-29/h8-11,16-17,21H,4-7,12-15H2,1-3H3,(H2,25,26,27). The maximum atomic E-state index is 5.15. The van der Waals surface area contributed by atoms with Crippen LogP contribution in [0.2, 0.25) is 0 Å². The van der Waals surface area contributed by atoms with Crippen molar-refractivity contribution in [3.05, 3.63) is 47.8 Å². The second kappa shape index (κ2) is 7.65. The number of guanidine groups is 1. The third-order valence-electron chi connectivity index (χ3n) is 7.17. The van der Waals surface area contributed by atoms with Crippen LogP contribution in [-0.2, 0) is 0 Å². The molecule has 0 spiro atoms. The van der Waals surface area contributed by atoms with Crippen LogP contribution in [0.5, 0.6) is 0 Å². The lowest BCUT2D eigenvalue weighted by Gasteiger charge is -2.40. The summed E-state index contributed by atoms with van der Waals surface area (Å²) in [7, 11) is 2.19. The largest absolute Gasteiger partial charge is 0.369 e. The molecule has 1 aliphatic carbocycles. The minimum Gasteiger partial charge on any atom is -0.369 e. The van der Waals surface area contributed by atoms with E-state index >= 15 is 0 Å². The smallest absolute Gasteiger partial charge is 0.202 e. The highest BCUT2D eigenvalue weighted by Crippen LogP contribution is 2.43. The summed E-state index contributed by atoms with van der Waals surface area (Å²) in [5, 5.41) is 6.88. The van der Waals surface area contributed by atoms with Crippen LogP contribution < -0.4 is 15.5 Å². The van der Waals surface area contributed by atoms with Gasteiger partial charge in [0.05, 0.1) is 0 Å². The van der Waals surface area contributed by atoms with Crippen molar-refractivity contribution in [3.8, 4) is 0 Å². The van der Waals surface area contributed by atoms with Crippen LogP contribution in [-0.4, -0.2) is 60.7 Å². The van der Waals surface area contributed by atoms with Gasteiger partial charge in [0, 0.05) is 61.6 Å². The lowest BCUT2D eigenvalue weighted by atomic mass is 9.97. The highest BCUT2D eigenvalue weighted by Gasteiger charge is 2.45.